The maximum absolute atomic E-state index is 11.3. The number of aromatic nitrogens is 6. The minimum Gasteiger partial charge on any atom is -0.478 e. The van der Waals surface area contributed by atoms with Crippen LogP contribution < -0.4 is 5.69 Å². The molecular weight excluding hydrogens is 252 g/mol. The summed E-state index contributed by atoms with van der Waals surface area (Å²) in [5.74, 6) is -0.678. The molecule has 0 amide bonds. The zero-order chi connectivity index (χ0) is 13.6. The molecule has 19 heavy (non-hydrogen) atoms. The average molecular weight is 260 g/mol. The van der Waals surface area contributed by atoms with E-state index in [1.165, 1.54) is 27.7 Å². The minimum absolute atomic E-state index is 0.0982. The number of aromatic carboxylic acids is 1. The molecule has 3 rings (SSSR count). The van der Waals surface area contributed by atoms with Crippen LogP contribution in [0.1, 0.15) is 16.1 Å². The fourth-order valence-corrected chi connectivity index (χ4v) is 1.71. The summed E-state index contributed by atoms with van der Waals surface area (Å²) in [6, 6.07) is 1.52. The molecule has 0 saturated carbocycles. The van der Waals surface area contributed by atoms with E-state index in [0.29, 0.717) is 17.2 Å². The van der Waals surface area contributed by atoms with E-state index in [-0.39, 0.29) is 5.56 Å². The lowest BCUT2D eigenvalue weighted by Gasteiger charge is -1.99. The zero-order valence-corrected chi connectivity index (χ0v) is 9.73. The number of carbonyl (C=O) groups is 1. The summed E-state index contributed by atoms with van der Waals surface area (Å²) in [6.07, 6.45) is 2.66. The molecule has 0 saturated heterocycles. The van der Waals surface area contributed by atoms with Crippen molar-refractivity contribution < 1.29 is 9.90 Å². The highest BCUT2D eigenvalue weighted by Crippen LogP contribution is 2.10. The van der Waals surface area contributed by atoms with Crippen molar-refractivity contribution in [1.29, 1.82) is 0 Å². The van der Waals surface area contributed by atoms with Gasteiger partial charge in [0.1, 0.15) is 11.9 Å². The van der Waals surface area contributed by atoms with Crippen molar-refractivity contribution in [3.8, 4) is 5.82 Å². The molecule has 3 aromatic heterocycles. The summed E-state index contributed by atoms with van der Waals surface area (Å²) in [5.41, 5.74) is 0.464. The van der Waals surface area contributed by atoms with Crippen LogP contribution in [0, 0.1) is 6.92 Å². The lowest BCUT2D eigenvalue weighted by atomic mass is 10.3. The highest BCUT2D eigenvalue weighted by Gasteiger charge is 2.13. The van der Waals surface area contributed by atoms with Crippen LogP contribution in [0.2, 0.25) is 0 Å². The summed E-state index contributed by atoms with van der Waals surface area (Å²) >= 11 is 0. The van der Waals surface area contributed by atoms with E-state index in [0.717, 1.165) is 0 Å². The standard InChI is InChI=1S/C10H8N6O3/c1-5-6(9(17)18)3-16(14-5)7-2-8-12-13-10(19)15(8)4-11-7/h2-4H,1H3,(H,13,19)(H,17,18). The summed E-state index contributed by atoms with van der Waals surface area (Å²) in [7, 11) is 0. The maximum atomic E-state index is 11.3. The first-order valence-corrected chi connectivity index (χ1v) is 5.29. The van der Waals surface area contributed by atoms with Crippen molar-refractivity contribution in [3.05, 3.63) is 40.3 Å². The zero-order valence-electron chi connectivity index (χ0n) is 9.73. The van der Waals surface area contributed by atoms with Crippen LogP contribution in [0.4, 0.5) is 0 Å². The monoisotopic (exact) mass is 260 g/mol. The summed E-state index contributed by atoms with van der Waals surface area (Å²) in [6.45, 7) is 1.59. The highest BCUT2D eigenvalue weighted by atomic mass is 16.4. The Labute approximate surface area is 105 Å². The number of fused-ring (bicyclic) bond motifs is 1. The molecule has 0 bridgehead atoms. The first-order chi connectivity index (χ1) is 9.06. The van der Waals surface area contributed by atoms with Gasteiger partial charge in [0.15, 0.2) is 11.5 Å². The lowest BCUT2D eigenvalue weighted by molar-refractivity contribution is 0.0696. The van der Waals surface area contributed by atoms with Gasteiger partial charge in [-0.1, -0.05) is 0 Å². The Morgan fingerprint density at radius 1 is 1.47 bits per heavy atom. The third kappa shape index (κ3) is 1.68. The smallest absolute Gasteiger partial charge is 0.348 e. The second-order valence-corrected chi connectivity index (χ2v) is 3.88. The fraction of sp³-hybridized carbons (Fsp3) is 0.100. The Bertz CT molecular complexity index is 842. The fourth-order valence-electron chi connectivity index (χ4n) is 1.71. The van der Waals surface area contributed by atoms with Crippen LogP contribution in [0.3, 0.4) is 0 Å². The number of nitrogens with one attached hydrogen (secondary N) is 1. The molecule has 9 nitrogen and oxygen atoms in total. The van der Waals surface area contributed by atoms with Gasteiger partial charge in [0.05, 0.1) is 5.69 Å². The molecule has 0 aliphatic rings. The molecule has 0 radical (unpaired) electrons. The molecule has 2 N–H and O–H groups in total. The molecule has 96 valence electrons. The number of aromatic amines is 1. The number of aryl methyl sites for hydroxylation is 1. The van der Waals surface area contributed by atoms with Gasteiger partial charge in [-0.3, -0.25) is 0 Å². The van der Waals surface area contributed by atoms with Crippen LogP contribution in [-0.2, 0) is 0 Å². The van der Waals surface area contributed by atoms with Crippen molar-refractivity contribution in [2.24, 2.45) is 0 Å². The number of carboxylic acid groups (broad SMARTS) is 1. The molecule has 3 aromatic rings. The van der Waals surface area contributed by atoms with Gasteiger partial charge >= 0.3 is 11.7 Å². The molecule has 0 unspecified atom stereocenters. The van der Waals surface area contributed by atoms with E-state index in [1.54, 1.807) is 6.92 Å². The number of rotatable bonds is 2. The number of hydrogen-bond donors (Lipinski definition) is 2. The quantitative estimate of drug-likeness (QED) is 0.647. The Hall–Kier alpha value is -2.97. The van der Waals surface area contributed by atoms with E-state index < -0.39 is 11.7 Å². The number of hydrogen-bond acceptors (Lipinski definition) is 5. The topological polar surface area (TPSA) is 118 Å². The van der Waals surface area contributed by atoms with Gasteiger partial charge in [0, 0.05) is 12.3 Å². The van der Waals surface area contributed by atoms with Gasteiger partial charge in [-0.25, -0.2) is 28.8 Å². The van der Waals surface area contributed by atoms with Gasteiger partial charge < -0.3 is 5.11 Å². The molecular formula is C10H8N6O3. The minimum atomic E-state index is -1.05. The predicted octanol–water partition coefficient (Wildman–Crippen LogP) is -0.390. The molecule has 0 aliphatic heterocycles. The van der Waals surface area contributed by atoms with Crippen LogP contribution in [0.15, 0.2) is 23.4 Å². The second kappa shape index (κ2) is 3.77. The molecule has 0 spiro atoms. The molecule has 0 aliphatic carbocycles. The van der Waals surface area contributed by atoms with E-state index in [1.807, 2.05) is 0 Å². The molecule has 0 aromatic carbocycles. The predicted molar refractivity (Wildman–Crippen MR) is 62.4 cm³/mol. The van der Waals surface area contributed by atoms with E-state index in [4.69, 9.17) is 5.11 Å². The van der Waals surface area contributed by atoms with Gasteiger partial charge in [0.2, 0.25) is 0 Å². The van der Waals surface area contributed by atoms with Gasteiger partial charge in [0.25, 0.3) is 0 Å². The Kier molecular flexibility index (Phi) is 2.21. The maximum Gasteiger partial charge on any atom is 0.348 e. The summed E-state index contributed by atoms with van der Waals surface area (Å²) in [5, 5.41) is 19.1. The molecule has 3 heterocycles. The Morgan fingerprint density at radius 3 is 2.95 bits per heavy atom. The van der Waals surface area contributed by atoms with E-state index in [9.17, 15) is 9.59 Å². The van der Waals surface area contributed by atoms with E-state index >= 15 is 0 Å². The summed E-state index contributed by atoms with van der Waals surface area (Å²) < 4.78 is 2.57. The van der Waals surface area contributed by atoms with Gasteiger partial charge in [-0.05, 0) is 6.92 Å². The molecule has 0 atom stereocenters. The third-order valence-electron chi connectivity index (χ3n) is 2.66. The van der Waals surface area contributed by atoms with Crippen LogP contribution >= 0.6 is 0 Å². The number of nitrogens with zero attached hydrogens (tertiary/aromatic N) is 5. The molecule has 0 fully saturated rings. The van der Waals surface area contributed by atoms with Gasteiger partial charge in [-0.2, -0.15) is 10.2 Å². The second-order valence-electron chi connectivity index (χ2n) is 3.88. The Morgan fingerprint density at radius 2 is 2.26 bits per heavy atom. The van der Waals surface area contributed by atoms with Crippen molar-refractivity contribution >= 4 is 11.6 Å². The average Bonchev–Trinajstić information content (AvgIpc) is 2.93. The lowest BCUT2D eigenvalue weighted by Crippen LogP contribution is -2.10. The van der Waals surface area contributed by atoms with Crippen LogP contribution in [0.5, 0.6) is 0 Å². The van der Waals surface area contributed by atoms with E-state index in [2.05, 4.69) is 20.3 Å². The van der Waals surface area contributed by atoms with Crippen molar-refractivity contribution in [3.63, 3.8) is 0 Å². The Balaban J connectivity index is 2.16. The largest absolute Gasteiger partial charge is 0.478 e. The van der Waals surface area contributed by atoms with Gasteiger partial charge in [-0.15, -0.1) is 0 Å². The normalized spacial score (nSPS) is 11.0. The first-order valence-electron chi connectivity index (χ1n) is 5.29. The van der Waals surface area contributed by atoms with Crippen LogP contribution in [-0.4, -0.2) is 40.4 Å². The summed E-state index contributed by atoms with van der Waals surface area (Å²) in [4.78, 5) is 26.3. The number of carboxylic acids is 1. The SMILES string of the molecule is Cc1nn(-c2cc3n[nH]c(=O)n3cn2)cc1C(=O)O. The van der Waals surface area contributed by atoms with Crippen molar-refractivity contribution in [2.45, 2.75) is 6.92 Å². The highest BCUT2D eigenvalue weighted by molar-refractivity contribution is 5.88. The number of H-pyrrole nitrogens is 1. The van der Waals surface area contributed by atoms with Crippen molar-refractivity contribution in [2.75, 3.05) is 0 Å². The van der Waals surface area contributed by atoms with Crippen LogP contribution in [0.25, 0.3) is 11.5 Å². The molecule has 9 heteroatoms. The van der Waals surface area contributed by atoms with Crippen molar-refractivity contribution in [1.82, 2.24) is 29.4 Å². The first kappa shape index (κ1) is 11.1. The third-order valence-corrected chi connectivity index (χ3v) is 2.66.